The number of rotatable bonds is 5. The minimum absolute atomic E-state index is 0.273. The fourth-order valence-corrected chi connectivity index (χ4v) is 3.07. The van der Waals surface area contributed by atoms with Crippen LogP contribution in [0.1, 0.15) is 5.56 Å². The van der Waals surface area contributed by atoms with Gasteiger partial charge < -0.3 is 0 Å². The lowest BCUT2D eigenvalue weighted by molar-refractivity contribution is 0.594. The Morgan fingerprint density at radius 3 is 2.47 bits per heavy atom. The average Bonchev–Trinajstić information content (AvgIpc) is 2.18. The lowest BCUT2D eigenvalue weighted by Crippen LogP contribution is -2.17. The first kappa shape index (κ1) is 12.8. The van der Waals surface area contributed by atoms with Gasteiger partial charge in [0.1, 0.15) is 0 Å². The second-order valence-electron chi connectivity index (χ2n) is 2.94. The normalized spacial score (nSPS) is 11.6. The molecule has 0 amide bonds. The van der Waals surface area contributed by atoms with Crippen LogP contribution >= 0.6 is 23.5 Å². The molecule has 6 heteroatoms. The van der Waals surface area contributed by atoms with Crippen molar-refractivity contribution >= 4 is 33.6 Å². The molecule has 0 saturated carbocycles. The first-order valence-corrected chi connectivity index (χ1v) is 7.33. The highest BCUT2D eigenvalue weighted by Gasteiger charge is 2.12. The Morgan fingerprint density at radius 2 is 1.93 bits per heavy atom. The van der Waals surface area contributed by atoms with Gasteiger partial charge in [-0.05, 0) is 19.1 Å². The predicted octanol–water partition coefficient (Wildman–Crippen LogP) is 2.16. The highest BCUT2D eigenvalue weighted by Crippen LogP contribution is 2.12. The van der Waals surface area contributed by atoms with E-state index in [1.807, 2.05) is 6.92 Å². The molecule has 1 N–H and O–H groups in total. The predicted molar refractivity (Wildman–Crippen MR) is 64.7 cm³/mol. The number of hydrogen-bond acceptors (Lipinski definition) is 3. The number of benzene rings is 1. The zero-order valence-corrected chi connectivity index (χ0v) is 10.6. The van der Waals surface area contributed by atoms with E-state index in [0.717, 1.165) is 17.5 Å². The Kier molecular flexibility index (Phi) is 4.92. The van der Waals surface area contributed by atoms with Crippen molar-refractivity contribution in [2.75, 3.05) is 11.6 Å². The maximum atomic E-state index is 11.6. The standard InChI is InChI=1S/C9H12ClNO2S2/c1-8-2-4-9(5-3-8)15(12,13)11-14-7-6-10/h2-5,11H,6-7H2,1H3. The van der Waals surface area contributed by atoms with Crippen LogP contribution in [0.4, 0.5) is 0 Å². The zero-order chi connectivity index (χ0) is 11.3. The van der Waals surface area contributed by atoms with Gasteiger partial charge in [0.2, 0.25) is 10.0 Å². The van der Waals surface area contributed by atoms with E-state index in [-0.39, 0.29) is 4.90 Å². The van der Waals surface area contributed by atoms with Crippen molar-refractivity contribution in [3.63, 3.8) is 0 Å². The molecule has 0 atom stereocenters. The molecule has 0 bridgehead atoms. The molecule has 0 aliphatic heterocycles. The van der Waals surface area contributed by atoms with Gasteiger partial charge in [0.25, 0.3) is 0 Å². The third kappa shape index (κ3) is 4.03. The fraction of sp³-hybridized carbons (Fsp3) is 0.333. The topological polar surface area (TPSA) is 46.2 Å². The van der Waals surface area contributed by atoms with E-state index in [2.05, 4.69) is 4.13 Å². The summed E-state index contributed by atoms with van der Waals surface area (Å²) in [4.78, 5) is 0.273. The molecule has 0 fully saturated rings. The summed E-state index contributed by atoms with van der Waals surface area (Å²) in [5.41, 5.74) is 1.03. The first-order chi connectivity index (χ1) is 7.06. The molecular formula is C9H12ClNO2S2. The van der Waals surface area contributed by atoms with Crippen molar-refractivity contribution in [3.8, 4) is 0 Å². The molecular weight excluding hydrogens is 254 g/mol. The highest BCUT2D eigenvalue weighted by molar-refractivity contribution is 8.09. The van der Waals surface area contributed by atoms with Crippen LogP contribution in [0, 0.1) is 6.92 Å². The maximum Gasteiger partial charge on any atom is 0.249 e. The van der Waals surface area contributed by atoms with Crippen LogP contribution < -0.4 is 4.13 Å². The van der Waals surface area contributed by atoms with E-state index in [0.29, 0.717) is 11.6 Å². The van der Waals surface area contributed by atoms with E-state index >= 15 is 0 Å². The molecule has 0 aromatic heterocycles. The molecule has 1 aromatic carbocycles. The van der Waals surface area contributed by atoms with Crippen molar-refractivity contribution < 1.29 is 8.42 Å². The van der Waals surface area contributed by atoms with Gasteiger partial charge in [0, 0.05) is 11.6 Å². The van der Waals surface area contributed by atoms with Crippen LogP contribution in [-0.2, 0) is 10.0 Å². The fourth-order valence-electron chi connectivity index (χ4n) is 0.923. The van der Waals surface area contributed by atoms with Crippen molar-refractivity contribution in [2.24, 2.45) is 0 Å². The smallest absolute Gasteiger partial charge is 0.206 e. The molecule has 0 radical (unpaired) electrons. The van der Waals surface area contributed by atoms with Crippen LogP contribution in [0.3, 0.4) is 0 Å². The summed E-state index contributed by atoms with van der Waals surface area (Å²) >= 11 is 6.53. The number of halogens is 1. The van der Waals surface area contributed by atoms with E-state index in [4.69, 9.17) is 11.6 Å². The van der Waals surface area contributed by atoms with Gasteiger partial charge in [-0.2, -0.15) is 4.13 Å². The zero-order valence-electron chi connectivity index (χ0n) is 8.23. The molecule has 0 aliphatic rings. The Labute approximate surface area is 99.4 Å². The van der Waals surface area contributed by atoms with Gasteiger partial charge >= 0.3 is 0 Å². The molecule has 3 nitrogen and oxygen atoms in total. The lowest BCUT2D eigenvalue weighted by Gasteiger charge is -2.04. The Hall–Kier alpha value is -0.230. The summed E-state index contributed by atoms with van der Waals surface area (Å²) < 4.78 is 25.7. The van der Waals surface area contributed by atoms with Gasteiger partial charge in [-0.1, -0.05) is 29.6 Å². The van der Waals surface area contributed by atoms with Crippen LogP contribution in [0.2, 0.25) is 0 Å². The molecule has 1 aromatic rings. The van der Waals surface area contributed by atoms with Crippen LogP contribution in [0.25, 0.3) is 0 Å². The lowest BCUT2D eigenvalue weighted by atomic mass is 10.2. The summed E-state index contributed by atoms with van der Waals surface area (Å²) in [6, 6.07) is 6.69. The molecule has 0 aliphatic carbocycles. The molecule has 15 heavy (non-hydrogen) atoms. The monoisotopic (exact) mass is 265 g/mol. The summed E-state index contributed by atoms with van der Waals surface area (Å²) in [7, 11) is -3.39. The molecule has 0 saturated heterocycles. The summed E-state index contributed by atoms with van der Waals surface area (Å²) in [6.45, 7) is 1.91. The van der Waals surface area contributed by atoms with Gasteiger partial charge in [-0.15, -0.1) is 11.6 Å². The van der Waals surface area contributed by atoms with Crippen molar-refractivity contribution in [3.05, 3.63) is 29.8 Å². The number of aryl methyl sites for hydroxylation is 1. The van der Waals surface area contributed by atoms with Crippen LogP contribution in [0.5, 0.6) is 0 Å². The minimum Gasteiger partial charge on any atom is -0.206 e. The molecule has 0 spiro atoms. The largest absolute Gasteiger partial charge is 0.249 e. The van der Waals surface area contributed by atoms with E-state index in [1.54, 1.807) is 24.3 Å². The van der Waals surface area contributed by atoms with E-state index in [9.17, 15) is 8.42 Å². The average molecular weight is 266 g/mol. The third-order valence-electron chi connectivity index (χ3n) is 1.68. The highest BCUT2D eigenvalue weighted by atomic mass is 35.5. The molecule has 1 rings (SSSR count). The molecule has 0 unspecified atom stereocenters. The number of alkyl halides is 1. The van der Waals surface area contributed by atoms with Crippen molar-refractivity contribution in [1.82, 2.24) is 4.13 Å². The second-order valence-corrected chi connectivity index (χ2v) is 6.16. The number of hydrogen-bond donors (Lipinski definition) is 1. The number of sulfonamides is 1. The quantitative estimate of drug-likeness (QED) is 0.504. The maximum absolute atomic E-state index is 11.6. The molecule has 84 valence electrons. The Bertz CT molecular complexity index is 403. The van der Waals surface area contributed by atoms with Gasteiger partial charge in [0.15, 0.2) is 0 Å². The second kappa shape index (κ2) is 5.75. The van der Waals surface area contributed by atoms with Crippen LogP contribution in [0.15, 0.2) is 29.2 Å². The minimum atomic E-state index is -3.39. The SMILES string of the molecule is Cc1ccc(S(=O)(=O)NSCCCl)cc1. The summed E-state index contributed by atoms with van der Waals surface area (Å²) in [6.07, 6.45) is 0. The Morgan fingerprint density at radius 1 is 1.33 bits per heavy atom. The number of nitrogens with one attached hydrogen (secondary N) is 1. The van der Waals surface area contributed by atoms with E-state index < -0.39 is 10.0 Å². The Balaban J connectivity index is 2.73. The third-order valence-corrected chi connectivity index (χ3v) is 4.74. The van der Waals surface area contributed by atoms with Gasteiger partial charge in [-0.3, -0.25) is 0 Å². The van der Waals surface area contributed by atoms with Gasteiger partial charge in [0.05, 0.1) is 4.90 Å². The van der Waals surface area contributed by atoms with Crippen molar-refractivity contribution in [2.45, 2.75) is 11.8 Å². The van der Waals surface area contributed by atoms with Gasteiger partial charge in [-0.25, -0.2) is 8.42 Å². The molecule has 0 heterocycles. The van der Waals surface area contributed by atoms with Crippen LogP contribution in [-0.4, -0.2) is 20.1 Å². The summed E-state index contributed by atoms with van der Waals surface area (Å²) in [5.74, 6) is 0.966. The van der Waals surface area contributed by atoms with Crippen molar-refractivity contribution in [1.29, 1.82) is 0 Å². The van der Waals surface area contributed by atoms with E-state index in [1.165, 1.54) is 0 Å². The first-order valence-electron chi connectivity index (χ1n) is 4.32. The summed E-state index contributed by atoms with van der Waals surface area (Å²) in [5, 5.41) is 0.